The number of nitrogens with one attached hydrogen (secondary N) is 2. The second-order valence-electron chi connectivity index (χ2n) is 3.28. The molecule has 1 amide bonds. The summed E-state index contributed by atoms with van der Waals surface area (Å²) in [5.41, 5.74) is 6.23. The van der Waals surface area contributed by atoms with Crippen LogP contribution in [0.4, 0.5) is 15.8 Å². The molecule has 4 N–H and O–H groups in total. The van der Waals surface area contributed by atoms with Crippen molar-refractivity contribution in [3.8, 4) is 0 Å². The number of aromatic amines is 1. The van der Waals surface area contributed by atoms with Gasteiger partial charge in [-0.3, -0.25) is 9.89 Å². The molecular formula is C10H8BrFN4O. The van der Waals surface area contributed by atoms with E-state index in [9.17, 15) is 9.18 Å². The Labute approximate surface area is 104 Å². The number of anilines is 2. The summed E-state index contributed by atoms with van der Waals surface area (Å²) in [6.45, 7) is 0. The second-order valence-corrected chi connectivity index (χ2v) is 4.14. The molecule has 5 nitrogen and oxygen atoms in total. The maximum Gasteiger partial charge on any atom is 0.275 e. The van der Waals surface area contributed by atoms with Gasteiger partial charge in [0.25, 0.3) is 5.91 Å². The van der Waals surface area contributed by atoms with Crippen LogP contribution in [-0.4, -0.2) is 16.1 Å². The van der Waals surface area contributed by atoms with Crippen molar-refractivity contribution in [1.82, 2.24) is 10.2 Å². The van der Waals surface area contributed by atoms with Crippen LogP contribution in [0.1, 0.15) is 10.5 Å². The SMILES string of the molecule is Nc1cn[nH]c1C(=O)Nc1ccc(Br)c(F)c1. The zero-order chi connectivity index (χ0) is 12.4. The fraction of sp³-hybridized carbons (Fsp3) is 0. The summed E-state index contributed by atoms with van der Waals surface area (Å²) in [5.74, 6) is -0.929. The van der Waals surface area contributed by atoms with Crippen LogP contribution in [-0.2, 0) is 0 Å². The first-order chi connectivity index (χ1) is 8.08. The van der Waals surface area contributed by atoms with E-state index in [0.29, 0.717) is 10.2 Å². The van der Waals surface area contributed by atoms with Crippen LogP contribution in [0.2, 0.25) is 0 Å². The summed E-state index contributed by atoms with van der Waals surface area (Å²) in [6.07, 6.45) is 1.33. The number of hydrogen-bond acceptors (Lipinski definition) is 3. The maximum absolute atomic E-state index is 13.2. The predicted octanol–water partition coefficient (Wildman–Crippen LogP) is 2.15. The third-order valence-electron chi connectivity index (χ3n) is 2.07. The highest BCUT2D eigenvalue weighted by Gasteiger charge is 2.12. The highest BCUT2D eigenvalue weighted by atomic mass is 79.9. The van der Waals surface area contributed by atoms with Gasteiger partial charge in [0.05, 0.1) is 16.4 Å². The number of nitrogens with zero attached hydrogens (tertiary/aromatic N) is 1. The quantitative estimate of drug-likeness (QED) is 0.794. The fourth-order valence-electron chi connectivity index (χ4n) is 1.24. The molecule has 17 heavy (non-hydrogen) atoms. The second kappa shape index (κ2) is 4.54. The average molecular weight is 299 g/mol. The number of rotatable bonds is 2. The number of aromatic nitrogens is 2. The molecule has 2 rings (SSSR count). The third kappa shape index (κ3) is 2.44. The average Bonchev–Trinajstić information content (AvgIpc) is 2.70. The van der Waals surface area contributed by atoms with Gasteiger partial charge in [0.1, 0.15) is 11.5 Å². The molecule has 0 unspecified atom stereocenters. The molecule has 0 aliphatic heterocycles. The van der Waals surface area contributed by atoms with Crippen molar-refractivity contribution in [2.45, 2.75) is 0 Å². The minimum Gasteiger partial charge on any atom is -0.396 e. The third-order valence-corrected chi connectivity index (χ3v) is 2.72. The molecule has 0 aliphatic carbocycles. The molecule has 1 aromatic carbocycles. The van der Waals surface area contributed by atoms with E-state index in [1.165, 1.54) is 18.3 Å². The molecule has 0 saturated heterocycles. The number of nitrogen functional groups attached to an aromatic ring is 1. The first-order valence-electron chi connectivity index (χ1n) is 4.63. The van der Waals surface area contributed by atoms with Gasteiger partial charge in [0.15, 0.2) is 0 Å². The minimum atomic E-state index is -0.471. The molecular weight excluding hydrogens is 291 g/mol. The minimum absolute atomic E-state index is 0.147. The van der Waals surface area contributed by atoms with E-state index >= 15 is 0 Å². The molecule has 0 fully saturated rings. The Bertz CT molecular complexity index is 569. The van der Waals surface area contributed by atoms with Gasteiger partial charge in [-0.05, 0) is 34.1 Å². The Hall–Kier alpha value is -1.89. The number of carbonyl (C=O) groups is 1. The van der Waals surface area contributed by atoms with E-state index in [4.69, 9.17) is 5.73 Å². The number of halogens is 2. The van der Waals surface area contributed by atoms with Crippen molar-refractivity contribution >= 4 is 33.2 Å². The number of carbonyl (C=O) groups excluding carboxylic acids is 1. The van der Waals surface area contributed by atoms with Crippen LogP contribution in [0, 0.1) is 5.82 Å². The van der Waals surface area contributed by atoms with E-state index in [1.807, 2.05) is 0 Å². The van der Waals surface area contributed by atoms with Crippen molar-refractivity contribution in [2.75, 3.05) is 11.1 Å². The van der Waals surface area contributed by atoms with Crippen LogP contribution in [0.3, 0.4) is 0 Å². The molecule has 2 aromatic rings. The monoisotopic (exact) mass is 298 g/mol. The smallest absolute Gasteiger partial charge is 0.275 e. The van der Waals surface area contributed by atoms with E-state index in [1.54, 1.807) is 6.07 Å². The molecule has 0 aliphatic rings. The summed E-state index contributed by atoms with van der Waals surface area (Å²) in [7, 11) is 0. The van der Waals surface area contributed by atoms with Gasteiger partial charge in [-0.15, -0.1) is 0 Å². The van der Waals surface area contributed by atoms with E-state index in [0.717, 1.165) is 0 Å². The van der Waals surface area contributed by atoms with Crippen LogP contribution in [0.25, 0.3) is 0 Å². The zero-order valence-corrected chi connectivity index (χ0v) is 10.1. The van der Waals surface area contributed by atoms with Gasteiger partial charge in [-0.1, -0.05) is 0 Å². The van der Waals surface area contributed by atoms with E-state index in [-0.39, 0.29) is 11.4 Å². The Morgan fingerprint density at radius 3 is 2.88 bits per heavy atom. The van der Waals surface area contributed by atoms with Gasteiger partial charge in [-0.25, -0.2) is 4.39 Å². The maximum atomic E-state index is 13.2. The summed E-state index contributed by atoms with van der Waals surface area (Å²) in [4.78, 5) is 11.7. The number of nitrogens with two attached hydrogens (primary N) is 1. The van der Waals surface area contributed by atoms with Crippen molar-refractivity contribution in [1.29, 1.82) is 0 Å². The Morgan fingerprint density at radius 1 is 1.53 bits per heavy atom. The first-order valence-corrected chi connectivity index (χ1v) is 5.42. The molecule has 0 radical (unpaired) electrons. The summed E-state index contributed by atoms with van der Waals surface area (Å²) >= 11 is 3.02. The highest BCUT2D eigenvalue weighted by Crippen LogP contribution is 2.20. The zero-order valence-electron chi connectivity index (χ0n) is 8.50. The molecule has 1 aromatic heterocycles. The van der Waals surface area contributed by atoms with E-state index < -0.39 is 11.7 Å². The van der Waals surface area contributed by atoms with Gasteiger partial charge >= 0.3 is 0 Å². The molecule has 0 atom stereocenters. The summed E-state index contributed by atoms with van der Waals surface area (Å²) in [5, 5.41) is 8.59. The Morgan fingerprint density at radius 2 is 2.29 bits per heavy atom. The number of hydrogen-bond donors (Lipinski definition) is 3. The van der Waals surface area contributed by atoms with Crippen LogP contribution in [0.15, 0.2) is 28.9 Å². The van der Waals surface area contributed by atoms with Crippen molar-refractivity contribution < 1.29 is 9.18 Å². The van der Waals surface area contributed by atoms with Gasteiger partial charge < -0.3 is 11.1 Å². The molecule has 1 heterocycles. The first kappa shape index (κ1) is 11.6. The topological polar surface area (TPSA) is 83.8 Å². The lowest BCUT2D eigenvalue weighted by atomic mass is 10.3. The van der Waals surface area contributed by atoms with Crippen LogP contribution in [0.5, 0.6) is 0 Å². The van der Waals surface area contributed by atoms with Crippen LogP contribution < -0.4 is 11.1 Å². The predicted molar refractivity (Wildman–Crippen MR) is 65.1 cm³/mol. The van der Waals surface area contributed by atoms with Gasteiger partial charge in [0.2, 0.25) is 0 Å². The molecule has 88 valence electrons. The van der Waals surface area contributed by atoms with Crippen LogP contribution >= 0.6 is 15.9 Å². The standard InChI is InChI=1S/C10H8BrFN4O/c11-6-2-1-5(3-7(6)12)15-10(17)9-8(13)4-14-16-9/h1-4H,13H2,(H,14,16)(H,15,17). The van der Waals surface area contributed by atoms with Gasteiger partial charge in [0, 0.05) is 5.69 Å². The Balaban J connectivity index is 2.19. The van der Waals surface area contributed by atoms with Gasteiger partial charge in [-0.2, -0.15) is 5.10 Å². The lowest BCUT2D eigenvalue weighted by molar-refractivity contribution is 0.102. The largest absolute Gasteiger partial charge is 0.396 e. The highest BCUT2D eigenvalue weighted by molar-refractivity contribution is 9.10. The van der Waals surface area contributed by atoms with Crippen molar-refractivity contribution in [3.05, 3.63) is 40.4 Å². The van der Waals surface area contributed by atoms with Crippen molar-refractivity contribution in [2.24, 2.45) is 0 Å². The number of benzene rings is 1. The molecule has 0 spiro atoms. The summed E-state index contributed by atoms with van der Waals surface area (Å²) < 4.78 is 13.5. The lowest BCUT2D eigenvalue weighted by Gasteiger charge is -2.04. The lowest BCUT2D eigenvalue weighted by Crippen LogP contribution is -2.14. The fourth-order valence-corrected chi connectivity index (χ4v) is 1.49. The molecule has 7 heteroatoms. The molecule has 0 bridgehead atoms. The van der Waals surface area contributed by atoms with Crippen molar-refractivity contribution in [3.63, 3.8) is 0 Å². The normalized spacial score (nSPS) is 10.2. The Kier molecular flexibility index (Phi) is 3.10. The van der Waals surface area contributed by atoms with E-state index in [2.05, 4.69) is 31.4 Å². The molecule has 0 saturated carbocycles. The number of H-pyrrole nitrogens is 1. The number of amides is 1. The summed E-state index contributed by atoms with van der Waals surface area (Å²) in [6, 6.07) is 4.27.